The van der Waals surface area contributed by atoms with E-state index in [0.29, 0.717) is 0 Å². The fourth-order valence-electron chi connectivity index (χ4n) is 2.60. The molecular formula is C15H20BNO2. The molecule has 0 bridgehead atoms. The average Bonchev–Trinajstić information content (AvgIpc) is 2.78. The first-order valence-electron chi connectivity index (χ1n) is 6.70. The molecule has 1 atom stereocenters. The first kappa shape index (κ1) is 12.9. The van der Waals surface area contributed by atoms with Gasteiger partial charge in [-0.25, -0.2) is 0 Å². The fraction of sp³-hybridized carbons (Fsp3) is 0.467. The van der Waals surface area contributed by atoms with Crippen LogP contribution in [0.15, 0.2) is 30.3 Å². The Kier molecular flexibility index (Phi) is 2.53. The van der Waals surface area contributed by atoms with Gasteiger partial charge in [0.15, 0.2) is 0 Å². The van der Waals surface area contributed by atoms with E-state index in [9.17, 15) is 0 Å². The molecule has 1 aliphatic carbocycles. The molecule has 3 rings (SSSR count). The minimum absolute atomic E-state index is 0.366. The van der Waals surface area contributed by atoms with Crippen LogP contribution in [0.3, 0.4) is 0 Å². The molecule has 100 valence electrons. The summed E-state index contributed by atoms with van der Waals surface area (Å²) in [6, 6.07) is 8.11. The van der Waals surface area contributed by atoms with Crippen LogP contribution in [0.25, 0.3) is 6.08 Å². The van der Waals surface area contributed by atoms with E-state index in [2.05, 4.69) is 6.07 Å². The van der Waals surface area contributed by atoms with E-state index in [0.717, 1.165) is 11.1 Å². The quantitative estimate of drug-likeness (QED) is 0.786. The van der Waals surface area contributed by atoms with Gasteiger partial charge in [-0.3, -0.25) is 0 Å². The smallest absolute Gasteiger partial charge is 0.402 e. The van der Waals surface area contributed by atoms with Gasteiger partial charge in [-0.15, -0.1) is 0 Å². The van der Waals surface area contributed by atoms with Crippen molar-refractivity contribution >= 4 is 13.2 Å². The Labute approximate surface area is 114 Å². The molecule has 0 radical (unpaired) electrons. The van der Waals surface area contributed by atoms with Crippen molar-refractivity contribution in [3.05, 3.63) is 41.5 Å². The first-order chi connectivity index (χ1) is 8.76. The van der Waals surface area contributed by atoms with E-state index in [1.807, 2.05) is 58.0 Å². The van der Waals surface area contributed by atoms with Crippen molar-refractivity contribution in [3.8, 4) is 0 Å². The zero-order valence-corrected chi connectivity index (χ0v) is 11.9. The van der Waals surface area contributed by atoms with Crippen molar-refractivity contribution in [2.24, 2.45) is 5.73 Å². The first-order valence-corrected chi connectivity index (χ1v) is 6.70. The van der Waals surface area contributed by atoms with Crippen molar-refractivity contribution in [1.29, 1.82) is 0 Å². The monoisotopic (exact) mass is 257 g/mol. The second-order valence-electron chi connectivity index (χ2n) is 6.44. The Balaban J connectivity index is 2.00. The van der Waals surface area contributed by atoms with E-state index in [4.69, 9.17) is 15.0 Å². The van der Waals surface area contributed by atoms with Crippen LogP contribution in [0.2, 0.25) is 0 Å². The predicted molar refractivity (Wildman–Crippen MR) is 77.4 cm³/mol. The maximum Gasteiger partial charge on any atom is 0.488 e. The maximum absolute atomic E-state index is 6.58. The lowest BCUT2D eigenvalue weighted by atomic mass is 9.62. The molecule has 1 aromatic rings. The van der Waals surface area contributed by atoms with E-state index < -0.39 is 12.6 Å². The van der Waals surface area contributed by atoms with E-state index in [1.165, 1.54) is 0 Å². The summed E-state index contributed by atoms with van der Waals surface area (Å²) in [4.78, 5) is 0. The Morgan fingerprint density at radius 3 is 2.21 bits per heavy atom. The highest BCUT2D eigenvalue weighted by Crippen LogP contribution is 2.44. The molecule has 1 fully saturated rings. The van der Waals surface area contributed by atoms with E-state index in [1.54, 1.807) is 0 Å². The summed E-state index contributed by atoms with van der Waals surface area (Å²) >= 11 is 0. The largest absolute Gasteiger partial charge is 0.488 e. The molecule has 3 nitrogen and oxygen atoms in total. The summed E-state index contributed by atoms with van der Waals surface area (Å²) in [7, 11) is -0.461. The molecule has 1 aliphatic heterocycles. The molecule has 0 amide bonds. The number of benzene rings is 1. The van der Waals surface area contributed by atoms with Crippen LogP contribution in [0, 0.1) is 0 Å². The number of rotatable bonds is 1. The van der Waals surface area contributed by atoms with Crippen molar-refractivity contribution in [1.82, 2.24) is 0 Å². The molecule has 2 aliphatic rings. The summed E-state index contributed by atoms with van der Waals surface area (Å²) in [5, 5.41) is 0. The van der Waals surface area contributed by atoms with Gasteiger partial charge in [-0.2, -0.15) is 0 Å². The molecule has 0 saturated carbocycles. The summed E-state index contributed by atoms with van der Waals surface area (Å²) in [6.45, 7) is 8.17. The van der Waals surface area contributed by atoms with Gasteiger partial charge >= 0.3 is 7.12 Å². The van der Waals surface area contributed by atoms with Crippen LogP contribution < -0.4 is 5.73 Å². The molecule has 0 spiro atoms. The number of fused-ring (bicyclic) bond motifs is 1. The molecule has 1 saturated heterocycles. The van der Waals surface area contributed by atoms with Crippen LogP contribution >= 0.6 is 0 Å². The highest BCUT2D eigenvalue weighted by atomic mass is 16.7. The highest BCUT2D eigenvalue weighted by molar-refractivity contribution is 6.51. The van der Waals surface area contributed by atoms with E-state index in [-0.39, 0.29) is 11.2 Å². The second kappa shape index (κ2) is 3.72. The van der Waals surface area contributed by atoms with Crippen LogP contribution in [-0.2, 0) is 14.7 Å². The Morgan fingerprint density at radius 1 is 1.00 bits per heavy atom. The van der Waals surface area contributed by atoms with Crippen molar-refractivity contribution in [3.63, 3.8) is 0 Å². The van der Waals surface area contributed by atoms with Crippen LogP contribution in [0.4, 0.5) is 0 Å². The maximum atomic E-state index is 6.58. The summed E-state index contributed by atoms with van der Waals surface area (Å²) in [5.41, 5.74) is 7.35. The molecule has 19 heavy (non-hydrogen) atoms. The summed E-state index contributed by atoms with van der Waals surface area (Å²) < 4.78 is 12.2. The van der Waals surface area contributed by atoms with Crippen LogP contribution in [0.1, 0.15) is 38.8 Å². The van der Waals surface area contributed by atoms with Gasteiger partial charge in [0.05, 0.1) is 16.6 Å². The molecule has 1 heterocycles. The topological polar surface area (TPSA) is 44.5 Å². The molecular weight excluding hydrogens is 237 g/mol. The lowest BCUT2D eigenvalue weighted by Crippen LogP contribution is -2.50. The molecule has 1 aromatic carbocycles. The van der Waals surface area contributed by atoms with Gasteiger partial charge < -0.3 is 15.0 Å². The summed E-state index contributed by atoms with van der Waals surface area (Å²) in [5.74, 6) is 0. The van der Waals surface area contributed by atoms with Gasteiger partial charge in [0.2, 0.25) is 0 Å². The third-order valence-electron chi connectivity index (χ3n) is 4.61. The second-order valence-corrected chi connectivity index (χ2v) is 6.44. The van der Waals surface area contributed by atoms with Gasteiger partial charge in [0.25, 0.3) is 0 Å². The Morgan fingerprint density at radius 2 is 1.58 bits per heavy atom. The van der Waals surface area contributed by atoms with Gasteiger partial charge in [-0.05, 0) is 38.8 Å². The zero-order valence-electron chi connectivity index (χ0n) is 11.9. The van der Waals surface area contributed by atoms with Gasteiger partial charge in [0.1, 0.15) is 0 Å². The van der Waals surface area contributed by atoms with Crippen LogP contribution in [0.5, 0.6) is 0 Å². The standard InChI is InChI=1S/C15H20BNO2/c1-13(2)14(3,4)19-16(18-13)15(17)10-9-11-7-5-6-8-12(11)15/h5-10H,17H2,1-4H3. The molecule has 0 aromatic heterocycles. The third kappa shape index (κ3) is 1.71. The molecule has 4 heteroatoms. The lowest BCUT2D eigenvalue weighted by molar-refractivity contribution is 0.00578. The average molecular weight is 257 g/mol. The molecule has 2 N–H and O–H groups in total. The summed E-state index contributed by atoms with van der Waals surface area (Å²) in [6.07, 6.45) is 4.03. The number of hydrogen-bond donors (Lipinski definition) is 1. The normalized spacial score (nSPS) is 30.7. The van der Waals surface area contributed by atoms with Crippen LogP contribution in [-0.4, -0.2) is 18.3 Å². The predicted octanol–water partition coefficient (Wildman–Crippen LogP) is 2.50. The third-order valence-corrected chi connectivity index (χ3v) is 4.61. The number of nitrogens with two attached hydrogens (primary N) is 1. The Bertz CT molecular complexity index is 537. The SMILES string of the molecule is CC1(C)OB(C2(N)C=Cc3ccccc32)OC1(C)C. The van der Waals surface area contributed by atoms with E-state index >= 15 is 0 Å². The van der Waals surface area contributed by atoms with Crippen molar-refractivity contribution < 1.29 is 9.31 Å². The minimum atomic E-state index is -0.707. The fourth-order valence-corrected chi connectivity index (χ4v) is 2.60. The van der Waals surface area contributed by atoms with Gasteiger partial charge in [-0.1, -0.05) is 36.4 Å². The highest BCUT2D eigenvalue weighted by Gasteiger charge is 2.59. The molecule has 1 unspecified atom stereocenters. The van der Waals surface area contributed by atoms with Crippen molar-refractivity contribution in [2.75, 3.05) is 0 Å². The minimum Gasteiger partial charge on any atom is -0.402 e. The van der Waals surface area contributed by atoms with Crippen molar-refractivity contribution in [2.45, 2.75) is 44.3 Å². The lowest BCUT2D eigenvalue weighted by Gasteiger charge is -2.32. The zero-order chi connectivity index (χ0) is 13.9. The van der Waals surface area contributed by atoms with Gasteiger partial charge in [0, 0.05) is 0 Å². The number of hydrogen-bond acceptors (Lipinski definition) is 3. The Hall–Kier alpha value is -1.10.